The number of anilines is 2. The summed E-state index contributed by atoms with van der Waals surface area (Å²) in [6.45, 7) is 10.6. The molecule has 0 spiro atoms. The molecule has 0 bridgehead atoms. The van der Waals surface area contributed by atoms with Crippen LogP contribution >= 0.6 is 0 Å². The van der Waals surface area contributed by atoms with Gasteiger partial charge < -0.3 is 14.8 Å². The molecule has 5 heterocycles. The summed E-state index contributed by atoms with van der Waals surface area (Å²) in [7, 11) is 0. The molecule has 0 aliphatic carbocycles. The Morgan fingerprint density at radius 2 is 1.91 bits per heavy atom. The van der Waals surface area contributed by atoms with Crippen LogP contribution in [0.1, 0.15) is 37.5 Å². The molecule has 33 heavy (non-hydrogen) atoms. The molecule has 4 aromatic heterocycles. The molecule has 1 fully saturated rings. The number of pyridine rings is 2. The Labute approximate surface area is 193 Å². The van der Waals surface area contributed by atoms with Crippen molar-refractivity contribution in [2.45, 2.75) is 52.7 Å². The summed E-state index contributed by atoms with van der Waals surface area (Å²) in [5, 5.41) is 7.91. The fourth-order valence-corrected chi connectivity index (χ4v) is 4.24. The molecular weight excluding hydrogens is 416 g/mol. The minimum absolute atomic E-state index is 0.0116. The van der Waals surface area contributed by atoms with Crippen molar-refractivity contribution in [1.29, 1.82) is 0 Å². The fraction of sp³-hybridized carbons (Fsp3) is 0.360. The zero-order chi connectivity index (χ0) is 23.2. The summed E-state index contributed by atoms with van der Waals surface area (Å²) in [6.07, 6.45) is 4.62. The molecular formula is C25H28N6O2. The quantitative estimate of drug-likeness (QED) is 0.473. The molecule has 0 radical (unpaired) electrons. The zero-order valence-corrected chi connectivity index (χ0v) is 19.6. The lowest BCUT2D eigenvalue weighted by Crippen LogP contribution is -2.20. The first-order valence-electron chi connectivity index (χ1n) is 11.1. The maximum atomic E-state index is 6.33. The summed E-state index contributed by atoms with van der Waals surface area (Å²) in [4.78, 5) is 13.2. The number of fused-ring (bicyclic) bond motifs is 1. The zero-order valence-electron chi connectivity index (χ0n) is 19.6. The van der Waals surface area contributed by atoms with Crippen LogP contribution in [0.15, 0.2) is 42.7 Å². The molecule has 4 aromatic rings. The molecule has 0 saturated carbocycles. The highest BCUT2D eigenvalue weighted by Gasteiger charge is 2.33. The van der Waals surface area contributed by atoms with Crippen LogP contribution in [0.4, 0.5) is 11.6 Å². The Morgan fingerprint density at radius 3 is 2.67 bits per heavy atom. The molecule has 8 nitrogen and oxygen atoms in total. The third-order valence-corrected chi connectivity index (χ3v) is 5.67. The number of nitrogens with zero attached hydrogens (tertiary/aromatic N) is 5. The van der Waals surface area contributed by atoms with Gasteiger partial charge in [0.1, 0.15) is 23.5 Å². The highest BCUT2D eigenvalue weighted by atomic mass is 16.6. The van der Waals surface area contributed by atoms with Crippen molar-refractivity contribution in [1.82, 2.24) is 24.6 Å². The van der Waals surface area contributed by atoms with Gasteiger partial charge in [0.25, 0.3) is 0 Å². The van der Waals surface area contributed by atoms with Gasteiger partial charge in [0.2, 0.25) is 0 Å². The Bertz CT molecular complexity index is 1310. The van der Waals surface area contributed by atoms with Gasteiger partial charge in [-0.05, 0) is 58.4 Å². The average Bonchev–Trinajstić information content (AvgIpc) is 3.29. The normalized spacial score (nSPS) is 17.4. The Hall–Kier alpha value is -3.52. The third kappa shape index (κ3) is 4.66. The Balaban J connectivity index is 1.45. The number of aryl methyl sites for hydroxylation is 3. The summed E-state index contributed by atoms with van der Waals surface area (Å²) < 4.78 is 14.0. The number of rotatable bonds is 5. The van der Waals surface area contributed by atoms with E-state index >= 15 is 0 Å². The minimum atomic E-state index is -0.163. The third-order valence-electron chi connectivity index (χ3n) is 5.67. The number of hydrogen-bond acceptors (Lipinski definition) is 7. The number of ether oxygens (including phenoxy) is 2. The first-order valence-corrected chi connectivity index (χ1v) is 11.1. The molecule has 1 N–H and O–H groups in total. The lowest BCUT2D eigenvalue weighted by atomic mass is 10.0. The Kier molecular flexibility index (Phi) is 5.25. The van der Waals surface area contributed by atoms with E-state index in [1.807, 2.05) is 55.9 Å². The van der Waals surface area contributed by atoms with E-state index in [4.69, 9.17) is 9.47 Å². The summed E-state index contributed by atoms with van der Waals surface area (Å²) in [5.74, 6) is 2.93. The van der Waals surface area contributed by atoms with Crippen molar-refractivity contribution in [3.05, 3.63) is 59.9 Å². The van der Waals surface area contributed by atoms with Crippen molar-refractivity contribution < 1.29 is 9.47 Å². The van der Waals surface area contributed by atoms with Crippen molar-refractivity contribution in [2.24, 2.45) is 0 Å². The van der Waals surface area contributed by atoms with E-state index in [1.54, 1.807) is 0 Å². The number of aromatic nitrogens is 5. The number of hydrogen-bond donors (Lipinski definition) is 1. The van der Waals surface area contributed by atoms with Crippen molar-refractivity contribution >= 4 is 17.2 Å². The lowest BCUT2D eigenvalue weighted by Gasteiger charge is -2.18. The predicted octanol–water partition coefficient (Wildman–Crippen LogP) is 4.80. The standard InChI is InChI=1S/C25H28N6O2/c1-15-8-21(22(13-26-15)33-20-12-25(4,5)32-14-20)18-6-7-31-19(10-18)11-24(30-31)29-23-9-16(2)27-17(3)28-23/h6-11,13,20H,12,14H2,1-5H3,(H,27,28,29,30)/t20-/m0/s1. The lowest BCUT2D eigenvalue weighted by molar-refractivity contribution is 0.0319. The van der Waals surface area contributed by atoms with Gasteiger partial charge in [0.15, 0.2) is 5.82 Å². The van der Waals surface area contributed by atoms with Crippen LogP contribution in [-0.4, -0.2) is 42.9 Å². The monoisotopic (exact) mass is 444 g/mol. The first-order chi connectivity index (χ1) is 15.7. The second-order valence-electron chi connectivity index (χ2n) is 9.22. The molecule has 0 aromatic carbocycles. The van der Waals surface area contributed by atoms with E-state index in [1.165, 1.54) is 0 Å². The molecule has 1 aliphatic rings. The second-order valence-corrected chi connectivity index (χ2v) is 9.22. The largest absolute Gasteiger partial charge is 0.486 e. The van der Waals surface area contributed by atoms with Crippen LogP contribution in [0.3, 0.4) is 0 Å². The molecule has 8 heteroatoms. The van der Waals surface area contributed by atoms with Gasteiger partial charge in [-0.1, -0.05) is 0 Å². The molecule has 5 rings (SSSR count). The smallest absolute Gasteiger partial charge is 0.154 e. The van der Waals surface area contributed by atoms with Crippen LogP contribution in [0.25, 0.3) is 16.6 Å². The SMILES string of the molecule is Cc1cc(-c2ccn3nc(Nc4cc(C)nc(C)n4)cc3c2)c(O[C@@H]2COC(C)(C)C2)cn1. The molecule has 0 unspecified atom stereocenters. The maximum Gasteiger partial charge on any atom is 0.154 e. The van der Waals surface area contributed by atoms with Crippen molar-refractivity contribution in [2.75, 3.05) is 11.9 Å². The predicted molar refractivity (Wildman–Crippen MR) is 127 cm³/mol. The van der Waals surface area contributed by atoms with Gasteiger partial charge >= 0.3 is 0 Å². The second kappa shape index (κ2) is 8.12. The van der Waals surface area contributed by atoms with Crippen LogP contribution in [0.5, 0.6) is 5.75 Å². The summed E-state index contributed by atoms with van der Waals surface area (Å²) in [6, 6.07) is 10.1. The first kappa shape index (κ1) is 21.3. The van der Waals surface area contributed by atoms with E-state index in [9.17, 15) is 0 Å². The fourth-order valence-electron chi connectivity index (χ4n) is 4.24. The highest BCUT2D eigenvalue weighted by Crippen LogP contribution is 2.35. The molecule has 1 atom stereocenters. The molecule has 170 valence electrons. The van der Waals surface area contributed by atoms with Gasteiger partial charge in [-0.2, -0.15) is 5.10 Å². The maximum absolute atomic E-state index is 6.33. The molecule has 0 amide bonds. The van der Waals surface area contributed by atoms with E-state index in [0.717, 1.165) is 57.7 Å². The van der Waals surface area contributed by atoms with Gasteiger partial charge in [0, 0.05) is 41.7 Å². The van der Waals surface area contributed by atoms with E-state index < -0.39 is 0 Å². The minimum Gasteiger partial charge on any atom is -0.486 e. The van der Waals surface area contributed by atoms with Crippen molar-refractivity contribution in [3.63, 3.8) is 0 Å². The van der Waals surface area contributed by atoms with E-state index in [-0.39, 0.29) is 11.7 Å². The van der Waals surface area contributed by atoms with Crippen LogP contribution in [0, 0.1) is 20.8 Å². The van der Waals surface area contributed by atoms with Crippen molar-refractivity contribution in [3.8, 4) is 16.9 Å². The average molecular weight is 445 g/mol. The van der Waals surface area contributed by atoms with Crippen LogP contribution < -0.4 is 10.1 Å². The van der Waals surface area contributed by atoms with Gasteiger partial charge in [-0.25, -0.2) is 14.5 Å². The summed E-state index contributed by atoms with van der Waals surface area (Å²) in [5.41, 5.74) is 4.69. The van der Waals surface area contributed by atoms with Gasteiger partial charge in [-0.15, -0.1) is 0 Å². The summed E-state index contributed by atoms with van der Waals surface area (Å²) >= 11 is 0. The highest BCUT2D eigenvalue weighted by molar-refractivity contribution is 5.75. The Morgan fingerprint density at radius 1 is 1.06 bits per heavy atom. The topological polar surface area (TPSA) is 86.5 Å². The van der Waals surface area contributed by atoms with Crippen LogP contribution in [0.2, 0.25) is 0 Å². The molecule has 1 saturated heterocycles. The van der Waals surface area contributed by atoms with E-state index in [2.05, 4.69) is 51.3 Å². The van der Waals surface area contributed by atoms with Gasteiger partial charge in [-0.3, -0.25) is 4.98 Å². The molecule has 1 aliphatic heterocycles. The van der Waals surface area contributed by atoms with E-state index in [0.29, 0.717) is 6.61 Å². The van der Waals surface area contributed by atoms with Crippen LogP contribution in [-0.2, 0) is 4.74 Å². The number of nitrogens with one attached hydrogen (secondary N) is 1. The van der Waals surface area contributed by atoms with Gasteiger partial charge in [0.05, 0.1) is 23.9 Å².